The molecule has 0 aliphatic carbocycles. The van der Waals surface area contributed by atoms with Gasteiger partial charge in [-0.2, -0.15) is 0 Å². The van der Waals surface area contributed by atoms with E-state index in [4.69, 9.17) is 0 Å². The summed E-state index contributed by atoms with van der Waals surface area (Å²) in [5, 5.41) is 0. The van der Waals surface area contributed by atoms with Crippen LogP contribution in [0.25, 0.3) is 0 Å². The Kier molecular flexibility index (Phi) is 32.1. The molecule has 0 saturated carbocycles. The molecule has 0 spiro atoms. The molecule has 0 fully saturated rings. The quantitative estimate of drug-likeness (QED) is 0.221. The van der Waals surface area contributed by atoms with Crippen LogP contribution < -0.4 is 0 Å². The fraction of sp³-hybridized carbons (Fsp3) is 0.667. The molecule has 0 unspecified atom stereocenters. The molecule has 0 aliphatic heterocycles. The van der Waals surface area contributed by atoms with Crippen molar-refractivity contribution in [1.82, 2.24) is 9.80 Å². The molecule has 0 rings (SSSR count). The van der Waals surface area contributed by atoms with Gasteiger partial charge < -0.3 is 73.0 Å². The van der Waals surface area contributed by atoms with Gasteiger partial charge in [-0.3, -0.25) is 0 Å². The van der Waals surface area contributed by atoms with Crippen LogP contribution in [-0.2, 0) is 85.4 Å². The summed E-state index contributed by atoms with van der Waals surface area (Å²) in [6, 6.07) is 0. The van der Waals surface area contributed by atoms with Crippen molar-refractivity contribution in [2.45, 2.75) is 0 Å². The van der Waals surface area contributed by atoms with Gasteiger partial charge in [0.2, 0.25) is 0 Å². The third-order valence-corrected chi connectivity index (χ3v) is 4.14. The molecule has 18 heavy (non-hydrogen) atoms. The van der Waals surface area contributed by atoms with Crippen LogP contribution in [0.5, 0.6) is 0 Å². The second-order valence-electron chi connectivity index (χ2n) is 2.52. The fourth-order valence-electron chi connectivity index (χ4n) is 0.0113. The van der Waals surface area contributed by atoms with Crippen molar-refractivity contribution in [2.24, 2.45) is 0 Å². The van der Waals surface area contributed by atoms with Gasteiger partial charge >= 0.3 is 46.7 Å². The minimum absolute atomic E-state index is 0. The third kappa shape index (κ3) is 36.0. The predicted molar refractivity (Wildman–Crippen MR) is 78.5 cm³/mol. The van der Waals surface area contributed by atoms with Crippen molar-refractivity contribution in [3.05, 3.63) is 0 Å². The van der Waals surface area contributed by atoms with Gasteiger partial charge in [0.1, 0.15) is 0 Å². The van der Waals surface area contributed by atoms with Crippen LogP contribution >= 0.6 is 24.4 Å². The average Bonchev–Trinajstić information content (AvgIpc) is 2.20. The summed E-state index contributed by atoms with van der Waals surface area (Å²) in [4.78, 5) is 3.43. The largest absolute Gasteiger partial charge is 0.813 e. The molecule has 0 radical (unpaired) electrons. The van der Waals surface area contributed by atoms with Crippen molar-refractivity contribution in [3.8, 4) is 0 Å². The summed E-state index contributed by atoms with van der Waals surface area (Å²) in [5.41, 5.74) is 0. The van der Waals surface area contributed by atoms with E-state index in [0.717, 1.165) is 0 Å². The van der Waals surface area contributed by atoms with Crippen LogP contribution in [-0.4, -0.2) is 46.6 Å². The van der Waals surface area contributed by atoms with E-state index in [2.05, 4.69) is 51.7 Å². The molecule has 0 aromatic heterocycles. The summed E-state index contributed by atoms with van der Waals surface area (Å²) in [6.45, 7) is 0. The Morgan fingerprint density at radius 3 is 1.11 bits per heavy atom. The van der Waals surface area contributed by atoms with Crippen LogP contribution in [0, 0.1) is 0 Å². The number of hydrogen-bond acceptors (Lipinski definition) is 8. The van der Waals surface area contributed by atoms with Crippen LogP contribution in [0.1, 0.15) is 0 Å². The molecule has 0 bridgehead atoms. The van der Waals surface area contributed by atoms with Crippen molar-refractivity contribution in [1.29, 1.82) is 0 Å². The van der Waals surface area contributed by atoms with E-state index in [1.807, 2.05) is 28.2 Å². The minimum atomic E-state index is -1.53. The molecular weight excluding hydrogens is 500 g/mol. The normalized spacial score (nSPS) is 6.89. The average molecular weight is 513 g/mol. The zero-order valence-electron chi connectivity index (χ0n) is 10.0. The predicted octanol–water partition coefficient (Wildman–Crippen LogP) is 0.179. The Morgan fingerprint density at radius 2 is 1.11 bits per heavy atom. The minimum Gasteiger partial charge on any atom is -0.813 e. The molecule has 110 valence electrons. The van der Waals surface area contributed by atoms with Gasteiger partial charge in [-0.25, -0.2) is 0 Å². The van der Waals surface area contributed by atoms with E-state index in [9.17, 15) is 6.80 Å². The molecule has 0 aliphatic rings. The molecular formula is C6H13Mo2N2O3S5-3. The van der Waals surface area contributed by atoms with Crippen molar-refractivity contribution in [3.63, 3.8) is 0 Å². The zero-order chi connectivity index (χ0) is 14.4. The number of rotatable bonds is 2. The van der Waals surface area contributed by atoms with Crippen LogP contribution in [0.2, 0.25) is 0 Å². The molecule has 0 atom stereocenters. The summed E-state index contributed by atoms with van der Waals surface area (Å²) in [5.74, 6) is 0. The summed E-state index contributed by atoms with van der Waals surface area (Å²) < 4.78 is 23.5. The summed E-state index contributed by atoms with van der Waals surface area (Å²) >= 11 is 15.2. The molecule has 0 N–H and O–H groups in total. The number of nitrogens with zero attached hydrogens (tertiary/aromatic N) is 2. The smallest absolute Gasteiger partial charge is 0.813 e. The van der Waals surface area contributed by atoms with Crippen LogP contribution in [0.15, 0.2) is 0 Å². The van der Waals surface area contributed by atoms with Gasteiger partial charge in [-0.05, 0) is 0 Å². The molecule has 0 heterocycles. The topological polar surface area (TPSA) is 49.9 Å². The maximum atomic E-state index is 9.27. The van der Waals surface area contributed by atoms with Gasteiger partial charge in [0, 0.05) is 28.2 Å². The first-order valence-electron chi connectivity index (χ1n) is 3.72. The van der Waals surface area contributed by atoms with Crippen molar-refractivity contribution >= 4 is 71.8 Å². The standard InChI is InChI=1S/2C3H7NS2.2Mo.3O.H2S/c2*1-4(2)3(5)6;;;;;;/h2*1-2H3,(H,5,6);;;;;;1H2/p-3. The number of thiol groups is 1. The Bertz CT molecular complexity index is 231. The molecule has 12 heteroatoms. The molecule has 0 saturated heterocycles. The van der Waals surface area contributed by atoms with Crippen LogP contribution in [0.3, 0.4) is 0 Å². The van der Waals surface area contributed by atoms with E-state index < -0.39 is 37.8 Å². The maximum Gasteiger partial charge on any atom is -0.813 e. The molecule has 0 aromatic carbocycles. The first-order valence-corrected chi connectivity index (χ1v) is 8.63. The summed E-state index contributed by atoms with van der Waals surface area (Å²) in [6.07, 6.45) is 0. The second-order valence-corrected chi connectivity index (χ2v) is 7.57. The maximum absolute atomic E-state index is 9.27. The first kappa shape index (κ1) is 27.8. The van der Waals surface area contributed by atoms with Crippen LogP contribution in [0.4, 0.5) is 0 Å². The fourth-order valence-corrected chi connectivity index (χ4v) is 0.397. The zero-order valence-corrected chi connectivity index (χ0v) is 18.2. The van der Waals surface area contributed by atoms with Gasteiger partial charge in [-0.1, -0.05) is 8.64 Å². The Labute approximate surface area is 155 Å². The third-order valence-electron chi connectivity index (χ3n) is 0.786. The van der Waals surface area contributed by atoms with E-state index in [1.54, 1.807) is 9.80 Å². The van der Waals surface area contributed by atoms with Crippen molar-refractivity contribution in [2.75, 3.05) is 28.2 Å². The molecule has 0 amide bonds. The van der Waals surface area contributed by atoms with E-state index in [0.29, 0.717) is 8.64 Å². The van der Waals surface area contributed by atoms with Gasteiger partial charge in [-0.15, -0.1) is 0 Å². The summed E-state index contributed by atoms with van der Waals surface area (Å²) in [7, 11) is 7.31. The number of hydrogen-bond donors (Lipinski definition) is 0. The van der Waals surface area contributed by atoms with Gasteiger partial charge in [0.05, 0.1) is 0 Å². The van der Waals surface area contributed by atoms with E-state index >= 15 is 0 Å². The number of thiocarbonyl (C=S) groups is 2. The first-order chi connectivity index (χ1) is 7.70. The van der Waals surface area contributed by atoms with Gasteiger partial charge in [0.25, 0.3) is 0 Å². The molecule has 0 aromatic rings. The Hall–Kier alpha value is 1.51. The molecule has 5 nitrogen and oxygen atoms in total. The van der Waals surface area contributed by atoms with Gasteiger partial charge in [0.15, 0.2) is 0 Å². The van der Waals surface area contributed by atoms with E-state index in [1.165, 1.54) is 0 Å². The Balaban J connectivity index is -0.0000000799. The van der Waals surface area contributed by atoms with Crippen molar-refractivity contribution < 1.29 is 46.7 Å². The van der Waals surface area contributed by atoms with E-state index in [-0.39, 0.29) is 13.5 Å². The SMILES string of the molecule is CN(C)C(=S)[S-].CN(C)C(=S)[S-].[O]=[Mo][O][Mo]=[O].[SH-]. The monoisotopic (exact) mass is 517 g/mol. The second kappa shape index (κ2) is 20.8. The Morgan fingerprint density at radius 1 is 0.944 bits per heavy atom.